The molecule has 0 saturated carbocycles. The van der Waals surface area contributed by atoms with Gasteiger partial charge in [-0.25, -0.2) is 0 Å². The van der Waals surface area contributed by atoms with Gasteiger partial charge in [-0.05, 0) is 5.39 Å². The number of fused-ring (bicyclic) bond motifs is 3. The first-order chi connectivity index (χ1) is 7.72. The van der Waals surface area contributed by atoms with E-state index in [9.17, 15) is 0 Å². The van der Waals surface area contributed by atoms with Crippen molar-refractivity contribution >= 4 is 10.8 Å². The molecule has 1 atom stereocenters. The maximum atomic E-state index is 5.93. The normalized spacial score (nSPS) is 23.1. The van der Waals surface area contributed by atoms with Gasteiger partial charge >= 0.3 is 0 Å². The summed E-state index contributed by atoms with van der Waals surface area (Å²) in [6, 6.07) is 12.5. The highest BCUT2D eigenvalue weighted by Crippen LogP contribution is 2.40. The number of hydrogen-bond acceptors (Lipinski definition) is 2. The quantitative estimate of drug-likeness (QED) is 0.726. The van der Waals surface area contributed by atoms with Gasteiger partial charge in [0.15, 0.2) is 0 Å². The van der Waals surface area contributed by atoms with E-state index < -0.39 is 5.79 Å². The highest BCUT2D eigenvalue weighted by Gasteiger charge is 2.35. The minimum atomic E-state index is -0.507. The van der Waals surface area contributed by atoms with Gasteiger partial charge in [-0.2, -0.15) is 0 Å². The van der Waals surface area contributed by atoms with Crippen LogP contribution in [-0.4, -0.2) is 12.9 Å². The first-order valence-electron chi connectivity index (χ1n) is 5.47. The van der Waals surface area contributed by atoms with Gasteiger partial charge in [0.1, 0.15) is 5.75 Å². The van der Waals surface area contributed by atoms with Crippen molar-refractivity contribution in [1.82, 2.24) is 0 Å². The third kappa shape index (κ3) is 1.30. The number of rotatable bonds is 1. The van der Waals surface area contributed by atoms with Gasteiger partial charge in [-0.1, -0.05) is 36.4 Å². The molecule has 0 N–H and O–H groups in total. The van der Waals surface area contributed by atoms with Crippen LogP contribution in [-0.2, 0) is 11.2 Å². The fraction of sp³-hybridized carbons (Fsp3) is 0.286. The number of hydrogen-bond donors (Lipinski definition) is 0. The zero-order valence-corrected chi connectivity index (χ0v) is 9.49. The van der Waals surface area contributed by atoms with Crippen LogP contribution in [0.1, 0.15) is 12.5 Å². The van der Waals surface area contributed by atoms with Crippen molar-refractivity contribution in [2.45, 2.75) is 19.1 Å². The minimum Gasteiger partial charge on any atom is -0.461 e. The van der Waals surface area contributed by atoms with Crippen molar-refractivity contribution in [3.63, 3.8) is 0 Å². The van der Waals surface area contributed by atoms with Crippen LogP contribution in [0, 0.1) is 0 Å². The monoisotopic (exact) mass is 214 g/mol. The smallest absolute Gasteiger partial charge is 0.211 e. The largest absolute Gasteiger partial charge is 0.461 e. The van der Waals surface area contributed by atoms with E-state index in [4.69, 9.17) is 9.47 Å². The molecule has 0 fully saturated rings. The van der Waals surface area contributed by atoms with E-state index in [1.165, 1.54) is 16.3 Å². The summed E-state index contributed by atoms with van der Waals surface area (Å²) in [5, 5.41) is 2.38. The second kappa shape index (κ2) is 3.22. The molecule has 1 unspecified atom stereocenters. The van der Waals surface area contributed by atoms with Crippen LogP contribution in [0.3, 0.4) is 0 Å². The summed E-state index contributed by atoms with van der Waals surface area (Å²) in [7, 11) is 1.69. The second-order valence-corrected chi connectivity index (χ2v) is 4.39. The van der Waals surface area contributed by atoms with E-state index in [0.29, 0.717) is 0 Å². The van der Waals surface area contributed by atoms with Gasteiger partial charge in [0.05, 0.1) is 0 Å². The van der Waals surface area contributed by atoms with Crippen molar-refractivity contribution in [2.24, 2.45) is 0 Å². The highest BCUT2D eigenvalue weighted by molar-refractivity contribution is 5.90. The van der Waals surface area contributed by atoms with Crippen LogP contribution in [0.4, 0.5) is 0 Å². The Bertz CT molecular complexity index is 547. The lowest BCUT2D eigenvalue weighted by atomic mass is 10.0. The van der Waals surface area contributed by atoms with E-state index in [2.05, 4.69) is 24.3 Å². The Hall–Kier alpha value is -1.54. The maximum Gasteiger partial charge on any atom is 0.211 e. The Morgan fingerprint density at radius 1 is 1.19 bits per heavy atom. The van der Waals surface area contributed by atoms with Crippen molar-refractivity contribution in [1.29, 1.82) is 0 Å². The van der Waals surface area contributed by atoms with Crippen LogP contribution in [0.5, 0.6) is 5.75 Å². The summed E-state index contributed by atoms with van der Waals surface area (Å²) in [5.41, 5.74) is 1.23. The van der Waals surface area contributed by atoms with Crippen LogP contribution in [0.25, 0.3) is 10.8 Å². The molecule has 0 aromatic heterocycles. The molecule has 0 aliphatic carbocycles. The average Bonchev–Trinajstić information content (AvgIpc) is 2.67. The Morgan fingerprint density at radius 2 is 2.00 bits per heavy atom. The maximum absolute atomic E-state index is 5.93. The lowest BCUT2D eigenvalue weighted by Crippen LogP contribution is -2.32. The van der Waals surface area contributed by atoms with Gasteiger partial charge < -0.3 is 9.47 Å². The Balaban J connectivity index is 2.21. The molecule has 0 bridgehead atoms. The minimum absolute atomic E-state index is 0.507. The lowest BCUT2D eigenvalue weighted by molar-refractivity contribution is -0.133. The molecular weight excluding hydrogens is 200 g/mol. The van der Waals surface area contributed by atoms with Gasteiger partial charge in [0.25, 0.3) is 0 Å². The average molecular weight is 214 g/mol. The van der Waals surface area contributed by atoms with Crippen LogP contribution in [0.15, 0.2) is 36.4 Å². The van der Waals surface area contributed by atoms with E-state index in [1.807, 2.05) is 19.1 Å². The standard InChI is InChI=1S/C14H14O2/c1-14(15-2)9-11-8-7-10-5-3-4-6-12(10)13(11)16-14/h3-8H,9H2,1-2H3. The fourth-order valence-electron chi connectivity index (χ4n) is 2.26. The molecule has 1 heterocycles. The third-order valence-electron chi connectivity index (χ3n) is 3.22. The van der Waals surface area contributed by atoms with Gasteiger partial charge in [0, 0.05) is 31.4 Å². The lowest BCUT2D eigenvalue weighted by Gasteiger charge is -2.21. The molecular formula is C14H14O2. The summed E-state index contributed by atoms with van der Waals surface area (Å²) in [4.78, 5) is 0. The zero-order chi connectivity index (χ0) is 11.2. The first-order valence-corrected chi connectivity index (χ1v) is 5.47. The molecule has 0 saturated heterocycles. The van der Waals surface area contributed by atoms with Crippen LogP contribution >= 0.6 is 0 Å². The van der Waals surface area contributed by atoms with E-state index >= 15 is 0 Å². The molecule has 2 heteroatoms. The summed E-state index contributed by atoms with van der Waals surface area (Å²) < 4.78 is 11.3. The second-order valence-electron chi connectivity index (χ2n) is 4.39. The van der Waals surface area contributed by atoms with Gasteiger partial charge in [0.2, 0.25) is 5.79 Å². The first kappa shape index (κ1) is 9.67. The molecule has 82 valence electrons. The van der Waals surface area contributed by atoms with Crippen LogP contribution in [0.2, 0.25) is 0 Å². The molecule has 0 radical (unpaired) electrons. The Morgan fingerprint density at radius 3 is 2.81 bits per heavy atom. The predicted octanol–water partition coefficient (Wildman–Crippen LogP) is 3.14. The summed E-state index contributed by atoms with van der Waals surface area (Å²) in [6.45, 7) is 1.97. The van der Waals surface area contributed by atoms with E-state index in [-0.39, 0.29) is 0 Å². The molecule has 2 nitrogen and oxygen atoms in total. The molecule has 1 aliphatic heterocycles. The van der Waals surface area contributed by atoms with Gasteiger partial charge in [-0.15, -0.1) is 0 Å². The van der Waals surface area contributed by atoms with Crippen molar-refractivity contribution in [2.75, 3.05) is 7.11 Å². The molecule has 16 heavy (non-hydrogen) atoms. The van der Waals surface area contributed by atoms with Crippen LogP contribution < -0.4 is 4.74 Å². The zero-order valence-electron chi connectivity index (χ0n) is 9.49. The van der Waals surface area contributed by atoms with Crippen molar-refractivity contribution in [3.05, 3.63) is 42.0 Å². The van der Waals surface area contributed by atoms with Crippen molar-refractivity contribution < 1.29 is 9.47 Å². The number of methoxy groups -OCH3 is 1. The number of benzene rings is 2. The fourth-order valence-corrected chi connectivity index (χ4v) is 2.26. The molecule has 1 aliphatic rings. The van der Waals surface area contributed by atoms with Gasteiger partial charge in [-0.3, -0.25) is 0 Å². The van der Waals surface area contributed by atoms with E-state index in [0.717, 1.165) is 12.2 Å². The van der Waals surface area contributed by atoms with E-state index in [1.54, 1.807) is 7.11 Å². The molecule has 0 spiro atoms. The highest BCUT2D eigenvalue weighted by atomic mass is 16.7. The molecule has 3 rings (SSSR count). The predicted molar refractivity (Wildman–Crippen MR) is 63.7 cm³/mol. The summed E-state index contributed by atoms with van der Waals surface area (Å²) >= 11 is 0. The Labute approximate surface area is 94.8 Å². The Kier molecular flexibility index (Phi) is 1.95. The SMILES string of the molecule is COC1(C)Cc2ccc3ccccc3c2O1. The van der Waals surface area contributed by atoms with Crippen molar-refractivity contribution in [3.8, 4) is 5.75 Å². The summed E-state index contributed by atoms with van der Waals surface area (Å²) in [5.74, 6) is 0.467. The molecule has 2 aromatic rings. The number of ether oxygens (including phenoxy) is 2. The molecule has 2 aromatic carbocycles. The molecule has 0 amide bonds. The third-order valence-corrected chi connectivity index (χ3v) is 3.22. The topological polar surface area (TPSA) is 18.5 Å². The summed E-state index contributed by atoms with van der Waals surface area (Å²) in [6.07, 6.45) is 0.809.